The van der Waals surface area contributed by atoms with Crippen LogP contribution in [0.4, 0.5) is 5.69 Å². The molecule has 0 radical (unpaired) electrons. The Labute approximate surface area is 226 Å². The first-order valence-corrected chi connectivity index (χ1v) is 12.3. The van der Waals surface area contributed by atoms with Crippen molar-refractivity contribution in [1.82, 2.24) is 20.6 Å². The van der Waals surface area contributed by atoms with E-state index < -0.39 is 5.97 Å². The van der Waals surface area contributed by atoms with Crippen LogP contribution in [0, 0.1) is 0 Å². The number of nitrogens with zero attached hydrogens (tertiary/aromatic N) is 2. The van der Waals surface area contributed by atoms with Crippen molar-refractivity contribution in [2.24, 2.45) is 0 Å². The van der Waals surface area contributed by atoms with E-state index in [9.17, 15) is 4.79 Å². The molecule has 1 aliphatic heterocycles. The quantitative estimate of drug-likeness (QED) is 0.254. The molecular formula is C27H24N5NaO3. The van der Waals surface area contributed by atoms with Gasteiger partial charge in [0.05, 0.1) is 0 Å². The number of carbonyl (C=O) groups excluding carboxylic acids is 1. The molecule has 0 saturated carbocycles. The second-order valence-electron chi connectivity index (χ2n) is 8.20. The second-order valence-corrected chi connectivity index (χ2v) is 9.36. The molecule has 0 spiro atoms. The molecule has 1 saturated heterocycles. The fraction of sp³-hybridized carbons (Fsp3) is 0.0370. The average molecular weight is 490 g/mol. The number of benzene rings is 3. The molecule has 8 nitrogen and oxygen atoms in total. The molecule has 4 aromatic rings. The topological polar surface area (TPSA) is 98.6 Å². The number of aliphatic carboxylic acids is 1. The summed E-state index contributed by atoms with van der Waals surface area (Å²) in [7, 11) is 0. The van der Waals surface area contributed by atoms with Gasteiger partial charge in [-0.2, -0.15) is 0 Å². The Kier molecular flexibility index (Phi) is 8.24. The summed E-state index contributed by atoms with van der Waals surface area (Å²) in [5.74, 6) is -1.03. The van der Waals surface area contributed by atoms with Gasteiger partial charge in [-0.15, -0.1) is 0 Å². The van der Waals surface area contributed by atoms with Crippen molar-refractivity contribution >= 4 is 54.4 Å². The van der Waals surface area contributed by atoms with Gasteiger partial charge in [-0.25, -0.2) is 0 Å². The third kappa shape index (κ3) is 6.87. The number of aromatic nitrogens is 1. The van der Waals surface area contributed by atoms with Crippen LogP contribution in [0.25, 0.3) is 22.9 Å². The molecule has 0 atom stereocenters. The molecule has 4 N–H and O–H groups in total. The van der Waals surface area contributed by atoms with Gasteiger partial charge in [0.15, 0.2) is 0 Å². The Morgan fingerprint density at radius 2 is 1.44 bits per heavy atom. The summed E-state index contributed by atoms with van der Waals surface area (Å²) < 4.78 is 3.40. The van der Waals surface area contributed by atoms with Crippen LogP contribution in [0.15, 0.2) is 103 Å². The first kappa shape index (κ1) is 25.3. The standard InChI is InChI=1S/C25H20N5O.C2H4O2.Na/c31-25-24(27-30(28-25)26-22-6-2-1-3-7-22)18-19-8-10-20(11-9-19)21-12-14-23(15-13-21)29-16-4-5-17-29;1-2(3)4;/h2-18,26-27H,(H,28,31);1H3,(H,3,4);/b24-18-;;. The zero-order valence-electron chi connectivity index (χ0n) is 20.0. The Bertz CT molecular complexity index is 1350. The minimum absolute atomic E-state index is 0.193. The normalized spacial score (nSPS) is 14.0. The van der Waals surface area contributed by atoms with Crippen LogP contribution < -0.4 is 19.1 Å². The van der Waals surface area contributed by atoms with Crippen LogP contribution in [0.5, 0.6) is 0 Å². The molecule has 0 bridgehead atoms. The van der Waals surface area contributed by atoms with E-state index in [0.717, 1.165) is 62.9 Å². The Hall–Kier alpha value is -3.82. The number of hydrogen-bond acceptors (Lipinski definition) is 5. The number of rotatable bonds is 5. The van der Waals surface area contributed by atoms with E-state index in [0.29, 0.717) is 5.70 Å². The molecule has 1 aliphatic rings. The van der Waals surface area contributed by atoms with E-state index in [1.165, 1.54) is 8.04 Å². The number of hydrogen-bond donors (Lipinski definition) is 4. The zero-order chi connectivity index (χ0) is 25.5. The summed E-state index contributed by atoms with van der Waals surface area (Å²) in [6, 6.07) is 28.7. The number of carboxylic acid groups (broad SMARTS) is 1. The predicted octanol–water partition coefficient (Wildman–Crippen LogP) is 3.25. The van der Waals surface area contributed by atoms with E-state index in [4.69, 9.17) is 9.90 Å². The van der Waals surface area contributed by atoms with Gasteiger partial charge >= 0.3 is 135 Å². The van der Waals surface area contributed by atoms with Gasteiger partial charge in [0.25, 0.3) is 5.97 Å². The third-order valence-corrected chi connectivity index (χ3v) is 5.97. The molecule has 5 rings (SSSR count). The maximum atomic E-state index is 12.3. The molecule has 2 heterocycles. The Balaban J connectivity index is 0.000000709. The fourth-order valence-electron chi connectivity index (χ4n) is 3.54. The molecule has 3 aromatic carbocycles. The summed E-state index contributed by atoms with van der Waals surface area (Å²) in [6.45, 7) is 1.08. The summed E-state index contributed by atoms with van der Waals surface area (Å²) in [4.78, 5) is 21.3. The van der Waals surface area contributed by atoms with E-state index in [-0.39, 0.29) is 5.91 Å². The van der Waals surface area contributed by atoms with Gasteiger partial charge in [0, 0.05) is 25.0 Å². The number of amides is 1. The predicted molar refractivity (Wildman–Crippen MR) is 141 cm³/mol. The van der Waals surface area contributed by atoms with E-state index in [1.54, 1.807) is 0 Å². The number of carbonyl (C=O) groups is 2. The molecule has 1 amide bonds. The van der Waals surface area contributed by atoms with E-state index >= 15 is 0 Å². The van der Waals surface area contributed by atoms with Crippen molar-refractivity contribution in [2.45, 2.75) is 6.92 Å². The number of nitrogens with one attached hydrogen (secondary N) is 3. The minimum atomic E-state index is -0.833. The number of carboxylic acids is 1. The molecular weight excluding hydrogens is 465 g/mol. The SMILES string of the molecule is CC(=O)O.O=C1NN(Nc2cc[c]([Na])cc2)N/C1=C\c1ccc(-c2ccc(-n3cccc3)cc2)cc1. The third-order valence-electron chi connectivity index (χ3n) is 5.31. The van der Waals surface area contributed by atoms with Crippen LogP contribution in [0.1, 0.15) is 12.5 Å². The van der Waals surface area contributed by atoms with Crippen molar-refractivity contribution in [3.63, 3.8) is 0 Å². The molecule has 1 fully saturated rings. The molecule has 9 heteroatoms. The van der Waals surface area contributed by atoms with Crippen molar-refractivity contribution in [3.8, 4) is 16.8 Å². The Morgan fingerprint density at radius 1 is 0.889 bits per heavy atom. The first-order chi connectivity index (χ1) is 17.4. The average Bonchev–Trinajstić information content (AvgIpc) is 3.51. The fourth-order valence-corrected chi connectivity index (χ4v) is 3.88. The van der Waals surface area contributed by atoms with Crippen molar-refractivity contribution < 1.29 is 14.7 Å². The van der Waals surface area contributed by atoms with Gasteiger partial charge in [-0.3, -0.25) is 4.79 Å². The molecule has 1 aromatic heterocycles. The van der Waals surface area contributed by atoms with Crippen molar-refractivity contribution in [3.05, 3.63) is 109 Å². The van der Waals surface area contributed by atoms with Crippen molar-refractivity contribution in [1.29, 1.82) is 0 Å². The van der Waals surface area contributed by atoms with Gasteiger partial charge < -0.3 is 9.67 Å². The van der Waals surface area contributed by atoms with E-state index in [1.807, 2.05) is 54.9 Å². The monoisotopic (exact) mass is 489 g/mol. The van der Waals surface area contributed by atoms with Gasteiger partial charge in [0.1, 0.15) is 0 Å². The molecule has 36 heavy (non-hydrogen) atoms. The first-order valence-electron chi connectivity index (χ1n) is 11.3. The second kappa shape index (κ2) is 11.7. The summed E-state index contributed by atoms with van der Waals surface area (Å²) in [5.41, 5.74) is 14.6. The van der Waals surface area contributed by atoms with Crippen LogP contribution in [0.3, 0.4) is 0 Å². The summed E-state index contributed by atoms with van der Waals surface area (Å²) in [5, 5.41) is 8.89. The molecule has 0 unspecified atom stereocenters. The zero-order valence-corrected chi connectivity index (χ0v) is 22.0. The van der Waals surface area contributed by atoms with Crippen LogP contribution in [0.2, 0.25) is 0 Å². The van der Waals surface area contributed by atoms with Crippen LogP contribution in [-0.2, 0) is 9.59 Å². The maximum absolute atomic E-state index is 12.3. The van der Waals surface area contributed by atoms with Gasteiger partial charge in [-0.05, 0) is 35.4 Å². The number of anilines is 1. The van der Waals surface area contributed by atoms with Gasteiger partial charge in [-0.1, -0.05) is 12.1 Å². The van der Waals surface area contributed by atoms with E-state index in [2.05, 4.69) is 69.4 Å². The molecule has 0 aliphatic carbocycles. The van der Waals surface area contributed by atoms with Gasteiger partial charge in [0.2, 0.25) is 0 Å². The van der Waals surface area contributed by atoms with Crippen molar-refractivity contribution in [2.75, 3.05) is 5.43 Å². The Morgan fingerprint density at radius 3 is 2.03 bits per heavy atom. The summed E-state index contributed by atoms with van der Waals surface area (Å²) >= 11 is 1.01. The van der Waals surface area contributed by atoms with Crippen LogP contribution in [-0.4, -0.2) is 54.7 Å². The summed E-state index contributed by atoms with van der Waals surface area (Å²) in [6.07, 6.45) is 5.89. The number of hydrazine groups is 3. The van der Waals surface area contributed by atoms with Crippen LogP contribution >= 0.6 is 0 Å². The molecule has 176 valence electrons.